The molecule has 1 unspecified atom stereocenters. The third-order valence-corrected chi connectivity index (χ3v) is 5.85. The summed E-state index contributed by atoms with van der Waals surface area (Å²) in [7, 11) is 1.69. The minimum Gasteiger partial charge on any atom is -0.493 e. The van der Waals surface area contributed by atoms with Gasteiger partial charge in [0.1, 0.15) is 5.75 Å². The molecule has 0 radical (unpaired) electrons. The van der Waals surface area contributed by atoms with Crippen LogP contribution in [0.2, 0.25) is 0 Å². The number of hydrogen-bond acceptors (Lipinski definition) is 3. The van der Waals surface area contributed by atoms with E-state index in [1.54, 1.807) is 7.11 Å². The molecule has 0 N–H and O–H groups in total. The highest BCUT2D eigenvalue weighted by Gasteiger charge is 2.15. The molecule has 1 atom stereocenters. The number of alkyl halides is 1. The molecule has 0 bridgehead atoms. The molecule has 0 heterocycles. The van der Waals surface area contributed by atoms with Crippen LogP contribution in [0.15, 0.2) is 30.3 Å². The average molecular weight is 437 g/mol. The van der Waals surface area contributed by atoms with E-state index in [0.717, 1.165) is 47.3 Å². The van der Waals surface area contributed by atoms with Crippen LogP contribution in [0.1, 0.15) is 58.8 Å². The summed E-state index contributed by atoms with van der Waals surface area (Å²) >= 11 is 3.69. The predicted octanol–water partition coefficient (Wildman–Crippen LogP) is 7.14. The third kappa shape index (κ3) is 6.60. The second kappa shape index (κ2) is 12.1. The zero-order valence-electron chi connectivity index (χ0n) is 16.9. The van der Waals surface area contributed by atoms with E-state index in [1.807, 2.05) is 18.2 Å². The quantitative estimate of drug-likeness (QED) is 0.246. The lowest BCUT2D eigenvalue weighted by molar-refractivity contribution is 0.284. The molecule has 0 spiro atoms. The van der Waals surface area contributed by atoms with Gasteiger partial charge in [0, 0.05) is 21.7 Å². The average Bonchev–Trinajstić information content (AvgIpc) is 2.71. The molecule has 0 saturated heterocycles. The Morgan fingerprint density at radius 1 is 0.889 bits per heavy atom. The lowest BCUT2D eigenvalue weighted by Crippen LogP contribution is -2.03. The van der Waals surface area contributed by atoms with E-state index < -0.39 is 0 Å². The molecular weight excluding hydrogens is 404 g/mol. The fourth-order valence-corrected chi connectivity index (χ4v) is 3.42. The molecule has 27 heavy (non-hydrogen) atoms. The minimum absolute atomic E-state index is 0.613. The van der Waals surface area contributed by atoms with Crippen LogP contribution < -0.4 is 14.2 Å². The van der Waals surface area contributed by atoms with Gasteiger partial charge in [-0.05, 0) is 32.1 Å². The molecule has 4 heteroatoms. The van der Waals surface area contributed by atoms with Crippen LogP contribution in [0.4, 0.5) is 0 Å². The Labute approximate surface area is 172 Å². The first-order valence-corrected chi connectivity index (χ1v) is 11.1. The van der Waals surface area contributed by atoms with Crippen molar-refractivity contribution in [2.45, 2.75) is 63.6 Å². The predicted molar refractivity (Wildman–Crippen MR) is 118 cm³/mol. The Morgan fingerprint density at radius 3 is 2.30 bits per heavy atom. The van der Waals surface area contributed by atoms with Gasteiger partial charge in [0.25, 0.3) is 0 Å². The standard InChI is InChI=1S/C23H33BrO3/c1-4-6-10-16-27-23-20-14-8-7-13-19(20)21(17-22(23)25-3)26-15-11-9-12-18(24)5-2/h7-8,13-14,17-18H,4-6,9-12,15-16H2,1-3H3. The van der Waals surface area contributed by atoms with Crippen molar-refractivity contribution >= 4 is 26.7 Å². The Kier molecular flexibility index (Phi) is 9.82. The molecule has 0 aliphatic carbocycles. The molecule has 0 fully saturated rings. The maximum Gasteiger partial charge on any atom is 0.169 e. The summed E-state index contributed by atoms with van der Waals surface area (Å²) in [6.45, 7) is 5.83. The van der Waals surface area contributed by atoms with Gasteiger partial charge in [-0.3, -0.25) is 0 Å². The van der Waals surface area contributed by atoms with Crippen LogP contribution in [-0.4, -0.2) is 25.2 Å². The summed E-state index contributed by atoms with van der Waals surface area (Å²) in [5, 5.41) is 2.13. The summed E-state index contributed by atoms with van der Waals surface area (Å²) in [6.07, 6.45) is 7.98. The van der Waals surface area contributed by atoms with Crippen molar-refractivity contribution in [1.29, 1.82) is 0 Å². The fourth-order valence-electron chi connectivity index (χ4n) is 3.09. The third-order valence-electron chi connectivity index (χ3n) is 4.75. The zero-order chi connectivity index (χ0) is 19.5. The highest BCUT2D eigenvalue weighted by atomic mass is 79.9. The Balaban J connectivity index is 2.10. The number of unbranched alkanes of at least 4 members (excludes halogenated alkanes) is 3. The molecule has 3 nitrogen and oxygen atoms in total. The van der Waals surface area contributed by atoms with E-state index in [1.165, 1.54) is 25.7 Å². The number of benzene rings is 2. The summed E-state index contributed by atoms with van der Waals surface area (Å²) in [4.78, 5) is 0.613. The summed E-state index contributed by atoms with van der Waals surface area (Å²) in [5.41, 5.74) is 0. The van der Waals surface area contributed by atoms with E-state index in [2.05, 4.69) is 41.9 Å². The van der Waals surface area contributed by atoms with Crippen molar-refractivity contribution in [2.75, 3.05) is 20.3 Å². The first-order valence-electron chi connectivity index (χ1n) is 10.2. The van der Waals surface area contributed by atoms with Gasteiger partial charge < -0.3 is 14.2 Å². The maximum absolute atomic E-state index is 6.12. The molecule has 2 aromatic carbocycles. The molecule has 150 valence electrons. The van der Waals surface area contributed by atoms with Crippen LogP contribution in [0, 0.1) is 0 Å². The number of halogens is 1. The summed E-state index contributed by atoms with van der Waals surface area (Å²) in [5.74, 6) is 2.43. The van der Waals surface area contributed by atoms with Gasteiger partial charge in [0.15, 0.2) is 11.5 Å². The van der Waals surface area contributed by atoms with E-state index >= 15 is 0 Å². The van der Waals surface area contributed by atoms with Crippen molar-refractivity contribution in [3.05, 3.63) is 30.3 Å². The molecular formula is C23H33BrO3. The zero-order valence-corrected chi connectivity index (χ0v) is 18.5. The molecule has 0 aromatic heterocycles. The molecule has 0 saturated carbocycles. The smallest absolute Gasteiger partial charge is 0.169 e. The van der Waals surface area contributed by atoms with Gasteiger partial charge in [0.2, 0.25) is 0 Å². The van der Waals surface area contributed by atoms with Gasteiger partial charge in [-0.15, -0.1) is 0 Å². The van der Waals surface area contributed by atoms with Gasteiger partial charge in [-0.2, -0.15) is 0 Å². The van der Waals surface area contributed by atoms with Crippen molar-refractivity contribution in [1.82, 2.24) is 0 Å². The molecule has 0 amide bonds. The lowest BCUT2D eigenvalue weighted by atomic mass is 10.1. The topological polar surface area (TPSA) is 27.7 Å². The van der Waals surface area contributed by atoms with E-state index in [-0.39, 0.29) is 0 Å². The first kappa shape index (κ1) is 21.9. The van der Waals surface area contributed by atoms with Gasteiger partial charge in [-0.1, -0.05) is 66.9 Å². The monoisotopic (exact) mass is 436 g/mol. The number of fused-ring (bicyclic) bond motifs is 1. The van der Waals surface area contributed by atoms with Crippen molar-refractivity contribution in [3.63, 3.8) is 0 Å². The number of rotatable bonds is 13. The van der Waals surface area contributed by atoms with E-state index in [4.69, 9.17) is 14.2 Å². The van der Waals surface area contributed by atoms with E-state index in [0.29, 0.717) is 18.0 Å². The molecule has 0 aliphatic heterocycles. The van der Waals surface area contributed by atoms with Crippen LogP contribution in [-0.2, 0) is 0 Å². The molecule has 2 aromatic rings. The fraction of sp³-hybridized carbons (Fsp3) is 0.565. The van der Waals surface area contributed by atoms with Gasteiger partial charge >= 0.3 is 0 Å². The summed E-state index contributed by atoms with van der Waals surface area (Å²) < 4.78 is 17.8. The SMILES string of the molecule is CCCCCOc1c(OC)cc(OCCCCC(Br)CC)c2ccccc12. The van der Waals surface area contributed by atoms with Crippen LogP contribution in [0.3, 0.4) is 0 Å². The van der Waals surface area contributed by atoms with Gasteiger partial charge in [-0.25, -0.2) is 0 Å². The highest BCUT2D eigenvalue weighted by Crippen LogP contribution is 2.41. The minimum atomic E-state index is 0.613. The maximum atomic E-state index is 6.12. The molecule has 0 aliphatic rings. The van der Waals surface area contributed by atoms with Crippen molar-refractivity contribution < 1.29 is 14.2 Å². The second-order valence-electron chi connectivity index (χ2n) is 6.86. The number of methoxy groups -OCH3 is 1. The van der Waals surface area contributed by atoms with Crippen molar-refractivity contribution in [2.24, 2.45) is 0 Å². The van der Waals surface area contributed by atoms with Gasteiger partial charge in [0.05, 0.1) is 20.3 Å². The van der Waals surface area contributed by atoms with Crippen LogP contribution in [0.5, 0.6) is 17.2 Å². The van der Waals surface area contributed by atoms with Crippen LogP contribution >= 0.6 is 15.9 Å². The number of hydrogen-bond donors (Lipinski definition) is 0. The second-order valence-corrected chi connectivity index (χ2v) is 8.15. The van der Waals surface area contributed by atoms with Crippen LogP contribution in [0.25, 0.3) is 10.8 Å². The Bertz CT molecular complexity index is 687. The van der Waals surface area contributed by atoms with Crippen molar-refractivity contribution in [3.8, 4) is 17.2 Å². The Hall–Kier alpha value is -1.42. The highest BCUT2D eigenvalue weighted by molar-refractivity contribution is 9.09. The largest absolute Gasteiger partial charge is 0.493 e. The van der Waals surface area contributed by atoms with E-state index in [9.17, 15) is 0 Å². The number of ether oxygens (including phenoxy) is 3. The first-order chi connectivity index (χ1) is 13.2. The summed E-state index contributed by atoms with van der Waals surface area (Å²) in [6, 6.07) is 10.2. The Morgan fingerprint density at radius 2 is 1.59 bits per heavy atom. The lowest BCUT2D eigenvalue weighted by Gasteiger charge is -2.17. The normalized spacial score (nSPS) is 12.1. The molecule has 2 rings (SSSR count).